The molecular weight excluding hydrogens is 254 g/mol. The fourth-order valence-electron chi connectivity index (χ4n) is 3.28. The van der Waals surface area contributed by atoms with Gasteiger partial charge in [-0.05, 0) is 30.4 Å². The number of fused-ring (bicyclic) bond motifs is 1. The van der Waals surface area contributed by atoms with Crippen LogP contribution in [0.2, 0.25) is 0 Å². The van der Waals surface area contributed by atoms with Crippen molar-refractivity contribution >= 4 is 17.0 Å². The predicted molar refractivity (Wildman–Crippen MR) is 75.7 cm³/mol. The lowest BCUT2D eigenvalue weighted by molar-refractivity contribution is 0.0699. The van der Waals surface area contributed by atoms with Crippen LogP contribution < -0.4 is 0 Å². The molecule has 3 atom stereocenters. The van der Waals surface area contributed by atoms with Crippen LogP contribution >= 0.6 is 0 Å². The van der Waals surface area contributed by atoms with Crippen molar-refractivity contribution in [3.63, 3.8) is 0 Å². The highest BCUT2D eigenvalue weighted by atomic mass is 16.4. The Labute approximate surface area is 117 Å². The Kier molecular flexibility index (Phi) is 3.20. The summed E-state index contributed by atoms with van der Waals surface area (Å²) >= 11 is 0. The van der Waals surface area contributed by atoms with Gasteiger partial charge in [0.05, 0.1) is 17.1 Å². The van der Waals surface area contributed by atoms with Gasteiger partial charge >= 0.3 is 5.97 Å². The molecule has 1 aliphatic carbocycles. The molecule has 3 rings (SSSR count). The highest BCUT2D eigenvalue weighted by Gasteiger charge is 2.30. The third-order valence-corrected chi connectivity index (χ3v) is 4.71. The number of aromatic nitrogens is 3. The second kappa shape index (κ2) is 4.89. The second-order valence-electron chi connectivity index (χ2n) is 5.85. The van der Waals surface area contributed by atoms with Gasteiger partial charge in [0.25, 0.3) is 0 Å². The number of aromatic carboxylic acids is 1. The molecule has 20 heavy (non-hydrogen) atoms. The number of hydrogen-bond donors (Lipinski definition) is 1. The molecule has 1 aromatic heterocycles. The summed E-state index contributed by atoms with van der Waals surface area (Å²) in [5.74, 6) is 0.241. The molecule has 0 bridgehead atoms. The Balaban J connectivity index is 2.09. The van der Waals surface area contributed by atoms with E-state index in [9.17, 15) is 9.90 Å². The van der Waals surface area contributed by atoms with Crippen LogP contribution in [0.4, 0.5) is 0 Å². The summed E-state index contributed by atoms with van der Waals surface area (Å²) in [6, 6.07) is 5.57. The van der Waals surface area contributed by atoms with Gasteiger partial charge in [0.15, 0.2) is 0 Å². The van der Waals surface area contributed by atoms with Gasteiger partial charge < -0.3 is 5.11 Å². The Morgan fingerprint density at radius 1 is 1.35 bits per heavy atom. The number of benzene rings is 1. The van der Waals surface area contributed by atoms with Gasteiger partial charge in [-0.15, -0.1) is 5.10 Å². The van der Waals surface area contributed by atoms with E-state index >= 15 is 0 Å². The summed E-state index contributed by atoms with van der Waals surface area (Å²) in [5, 5.41) is 17.6. The Hall–Kier alpha value is -1.91. The normalized spacial score (nSPS) is 26.8. The van der Waals surface area contributed by atoms with Crippen molar-refractivity contribution in [1.29, 1.82) is 0 Å². The molecule has 3 unspecified atom stereocenters. The van der Waals surface area contributed by atoms with Gasteiger partial charge in [-0.1, -0.05) is 38.0 Å². The molecule has 0 spiro atoms. The first kappa shape index (κ1) is 13.1. The quantitative estimate of drug-likeness (QED) is 0.912. The molecule has 0 amide bonds. The van der Waals surface area contributed by atoms with Crippen LogP contribution in [-0.4, -0.2) is 26.1 Å². The van der Waals surface area contributed by atoms with Crippen LogP contribution in [0.1, 0.15) is 49.5 Å². The number of carboxylic acids is 1. The maximum atomic E-state index is 11.2. The second-order valence-corrected chi connectivity index (χ2v) is 5.85. The van der Waals surface area contributed by atoms with Crippen molar-refractivity contribution in [2.75, 3.05) is 0 Å². The Morgan fingerprint density at radius 3 is 2.90 bits per heavy atom. The highest BCUT2D eigenvalue weighted by Crippen LogP contribution is 2.38. The summed E-state index contributed by atoms with van der Waals surface area (Å²) in [4.78, 5) is 11.2. The smallest absolute Gasteiger partial charge is 0.338 e. The molecule has 5 heteroatoms. The molecule has 1 aliphatic rings. The number of rotatable bonds is 2. The first-order valence-corrected chi connectivity index (χ1v) is 7.17. The Bertz CT molecular complexity index is 650. The van der Waals surface area contributed by atoms with E-state index in [0.717, 1.165) is 11.9 Å². The van der Waals surface area contributed by atoms with E-state index in [0.29, 0.717) is 23.4 Å². The topological polar surface area (TPSA) is 68.0 Å². The average Bonchev–Trinajstić information content (AvgIpc) is 2.85. The van der Waals surface area contributed by atoms with E-state index in [4.69, 9.17) is 0 Å². The van der Waals surface area contributed by atoms with Gasteiger partial charge in [0.1, 0.15) is 5.52 Å². The van der Waals surface area contributed by atoms with E-state index in [2.05, 4.69) is 24.2 Å². The molecule has 1 fully saturated rings. The molecule has 0 radical (unpaired) electrons. The molecule has 106 valence electrons. The van der Waals surface area contributed by atoms with E-state index in [1.165, 1.54) is 12.8 Å². The van der Waals surface area contributed by atoms with Crippen LogP contribution in [-0.2, 0) is 0 Å². The minimum atomic E-state index is -0.951. The lowest BCUT2D eigenvalue weighted by Crippen LogP contribution is -2.27. The minimum Gasteiger partial charge on any atom is -0.478 e. The summed E-state index contributed by atoms with van der Waals surface area (Å²) in [6.07, 6.45) is 3.53. The van der Waals surface area contributed by atoms with Gasteiger partial charge in [-0.25, -0.2) is 9.48 Å². The molecule has 1 saturated carbocycles. The third kappa shape index (κ3) is 1.97. The van der Waals surface area contributed by atoms with E-state index in [1.807, 2.05) is 10.7 Å². The van der Waals surface area contributed by atoms with Crippen molar-refractivity contribution in [2.24, 2.45) is 11.8 Å². The van der Waals surface area contributed by atoms with Crippen LogP contribution in [0, 0.1) is 11.8 Å². The molecule has 1 N–H and O–H groups in total. The molecule has 0 aliphatic heterocycles. The number of nitrogens with zero attached hydrogens (tertiary/aromatic N) is 3. The molecule has 2 aromatic rings. The van der Waals surface area contributed by atoms with Crippen LogP contribution in [0.25, 0.3) is 11.0 Å². The SMILES string of the molecule is CC1CCCC(n2nnc3c(C(=O)O)cccc32)C1C. The van der Waals surface area contributed by atoms with Crippen molar-refractivity contribution in [3.8, 4) is 0 Å². The van der Waals surface area contributed by atoms with E-state index < -0.39 is 5.97 Å². The summed E-state index contributed by atoms with van der Waals surface area (Å²) in [5.41, 5.74) is 1.55. The maximum absolute atomic E-state index is 11.2. The molecule has 1 heterocycles. The lowest BCUT2D eigenvalue weighted by Gasteiger charge is -2.34. The van der Waals surface area contributed by atoms with Gasteiger partial charge in [0.2, 0.25) is 0 Å². The molecule has 1 aromatic carbocycles. The fourth-order valence-corrected chi connectivity index (χ4v) is 3.28. The Morgan fingerprint density at radius 2 is 2.15 bits per heavy atom. The highest BCUT2D eigenvalue weighted by molar-refractivity contribution is 6.00. The summed E-state index contributed by atoms with van der Waals surface area (Å²) < 4.78 is 1.93. The predicted octanol–water partition coefficient (Wildman–Crippen LogP) is 3.13. The van der Waals surface area contributed by atoms with Crippen LogP contribution in [0.5, 0.6) is 0 Å². The van der Waals surface area contributed by atoms with Crippen molar-refractivity contribution in [3.05, 3.63) is 23.8 Å². The minimum absolute atomic E-state index is 0.227. The number of carboxylic acid groups (broad SMARTS) is 1. The molecule has 0 saturated heterocycles. The molecular formula is C15H19N3O2. The lowest BCUT2D eigenvalue weighted by atomic mass is 9.78. The summed E-state index contributed by atoms with van der Waals surface area (Å²) in [7, 11) is 0. The van der Waals surface area contributed by atoms with Gasteiger partial charge in [-0.2, -0.15) is 0 Å². The third-order valence-electron chi connectivity index (χ3n) is 4.71. The van der Waals surface area contributed by atoms with E-state index in [-0.39, 0.29) is 5.56 Å². The molecule has 5 nitrogen and oxygen atoms in total. The zero-order chi connectivity index (χ0) is 14.3. The monoisotopic (exact) mass is 273 g/mol. The summed E-state index contributed by atoms with van der Waals surface area (Å²) in [6.45, 7) is 4.53. The standard InChI is InChI=1S/C15H19N3O2/c1-9-5-3-7-12(10(9)2)18-13-8-4-6-11(15(19)20)14(13)16-17-18/h4,6,8-10,12H,3,5,7H2,1-2H3,(H,19,20). The van der Waals surface area contributed by atoms with Gasteiger partial charge in [-0.3, -0.25) is 0 Å². The average molecular weight is 273 g/mol. The van der Waals surface area contributed by atoms with Crippen molar-refractivity contribution in [2.45, 2.75) is 39.2 Å². The maximum Gasteiger partial charge on any atom is 0.338 e. The van der Waals surface area contributed by atoms with Crippen LogP contribution in [0.3, 0.4) is 0 Å². The largest absolute Gasteiger partial charge is 0.478 e. The van der Waals surface area contributed by atoms with Gasteiger partial charge in [0, 0.05) is 0 Å². The first-order valence-electron chi connectivity index (χ1n) is 7.17. The van der Waals surface area contributed by atoms with E-state index in [1.54, 1.807) is 12.1 Å². The first-order chi connectivity index (χ1) is 9.59. The zero-order valence-corrected chi connectivity index (χ0v) is 11.8. The number of carbonyl (C=O) groups is 1. The van der Waals surface area contributed by atoms with Crippen molar-refractivity contribution in [1.82, 2.24) is 15.0 Å². The zero-order valence-electron chi connectivity index (χ0n) is 11.8. The fraction of sp³-hybridized carbons (Fsp3) is 0.533. The van der Waals surface area contributed by atoms with Crippen LogP contribution in [0.15, 0.2) is 18.2 Å². The number of hydrogen-bond acceptors (Lipinski definition) is 3. The van der Waals surface area contributed by atoms with Crippen molar-refractivity contribution < 1.29 is 9.90 Å².